The number of anilines is 1. The lowest BCUT2D eigenvalue weighted by atomic mass is 9.76. The number of hydrogen-bond donors (Lipinski definition) is 1. The van der Waals surface area contributed by atoms with E-state index < -0.39 is 11.4 Å². The average molecular weight is 380 g/mol. The van der Waals surface area contributed by atoms with Crippen molar-refractivity contribution in [3.63, 3.8) is 0 Å². The second kappa shape index (κ2) is 8.11. The van der Waals surface area contributed by atoms with Crippen molar-refractivity contribution in [2.45, 2.75) is 5.54 Å². The summed E-state index contributed by atoms with van der Waals surface area (Å²) in [5, 5.41) is 3.50. The van der Waals surface area contributed by atoms with E-state index in [0.717, 1.165) is 16.7 Å². The molecule has 4 rings (SSSR count). The molecule has 0 saturated heterocycles. The van der Waals surface area contributed by atoms with Gasteiger partial charge in [-0.25, -0.2) is 4.39 Å². The molecule has 0 atom stereocenters. The van der Waals surface area contributed by atoms with Crippen molar-refractivity contribution < 1.29 is 9.18 Å². The molecule has 0 fully saturated rings. The van der Waals surface area contributed by atoms with Gasteiger partial charge in [0.25, 0.3) is 0 Å². The van der Waals surface area contributed by atoms with E-state index >= 15 is 0 Å². The predicted octanol–water partition coefficient (Wildman–Crippen LogP) is 5.69. The summed E-state index contributed by atoms with van der Waals surface area (Å²) in [4.78, 5) is 11.5. The van der Waals surface area contributed by atoms with Gasteiger partial charge in [0, 0.05) is 5.69 Å². The number of benzene rings is 4. The van der Waals surface area contributed by atoms with Crippen LogP contribution in [0.1, 0.15) is 22.3 Å². The van der Waals surface area contributed by atoms with Crippen molar-refractivity contribution in [1.82, 2.24) is 0 Å². The third kappa shape index (κ3) is 3.43. The van der Waals surface area contributed by atoms with Gasteiger partial charge >= 0.3 is 0 Å². The molecule has 0 aromatic heterocycles. The normalized spacial score (nSPS) is 11.1. The Morgan fingerprint density at radius 1 is 0.621 bits per heavy atom. The molecule has 0 aliphatic heterocycles. The van der Waals surface area contributed by atoms with Crippen LogP contribution < -0.4 is 5.32 Å². The molecular formula is C26H19FNO. The number of nitrogens with one attached hydrogen (secondary N) is 1. The van der Waals surface area contributed by atoms with Gasteiger partial charge in [0.2, 0.25) is 6.29 Å². The average Bonchev–Trinajstić information content (AvgIpc) is 2.79. The van der Waals surface area contributed by atoms with Crippen molar-refractivity contribution >= 4 is 12.0 Å². The zero-order valence-corrected chi connectivity index (χ0v) is 15.7. The molecule has 0 unspecified atom stereocenters. The first-order valence-electron chi connectivity index (χ1n) is 9.37. The van der Waals surface area contributed by atoms with Crippen LogP contribution in [0.5, 0.6) is 0 Å². The van der Waals surface area contributed by atoms with Crippen molar-refractivity contribution in [3.05, 3.63) is 137 Å². The van der Waals surface area contributed by atoms with Gasteiger partial charge in [0.05, 0.1) is 5.56 Å². The highest BCUT2D eigenvalue weighted by molar-refractivity contribution is 5.85. The first kappa shape index (κ1) is 18.6. The maximum absolute atomic E-state index is 14.3. The van der Waals surface area contributed by atoms with Crippen LogP contribution >= 0.6 is 0 Å². The van der Waals surface area contributed by atoms with E-state index in [2.05, 4.69) is 5.32 Å². The summed E-state index contributed by atoms with van der Waals surface area (Å²) in [6.45, 7) is 0. The fraction of sp³-hybridized carbons (Fsp3) is 0.0385. The zero-order chi connectivity index (χ0) is 20.1. The minimum atomic E-state index is -0.830. The van der Waals surface area contributed by atoms with Crippen LogP contribution in [0.4, 0.5) is 10.1 Å². The fourth-order valence-electron chi connectivity index (χ4n) is 3.72. The summed E-state index contributed by atoms with van der Waals surface area (Å²) in [7, 11) is 0. The Kier molecular flexibility index (Phi) is 5.21. The van der Waals surface area contributed by atoms with E-state index in [0.29, 0.717) is 5.69 Å². The Labute approximate surface area is 169 Å². The first-order chi connectivity index (χ1) is 14.3. The smallest absolute Gasteiger partial charge is 0.238 e. The summed E-state index contributed by atoms with van der Waals surface area (Å²) in [6, 6.07) is 34.4. The third-order valence-electron chi connectivity index (χ3n) is 5.06. The molecule has 141 valence electrons. The number of halogens is 1. The summed E-state index contributed by atoms with van der Waals surface area (Å²) in [6.07, 6.45) is 1.75. The predicted molar refractivity (Wildman–Crippen MR) is 114 cm³/mol. The van der Waals surface area contributed by atoms with Crippen molar-refractivity contribution in [2.24, 2.45) is 0 Å². The lowest BCUT2D eigenvalue weighted by Crippen LogP contribution is -2.38. The third-order valence-corrected chi connectivity index (χ3v) is 5.06. The molecule has 0 aliphatic carbocycles. The van der Waals surface area contributed by atoms with Gasteiger partial charge in [-0.3, -0.25) is 4.79 Å². The zero-order valence-electron chi connectivity index (χ0n) is 15.7. The highest BCUT2D eigenvalue weighted by Gasteiger charge is 2.37. The number of rotatable bonds is 6. The number of carbonyl (C=O) groups excluding carboxylic acids is 1. The maximum atomic E-state index is 14.3. The van der Waals surface area contributed by atoms with Crippen LogP contribution in [0.15, 0.2) is 109 Å². The van der Waals surface area contributed by atoms with Crippen molar-refractivity contribution in [3.8, 4) is 0 Å². The monoisotopic (exact) mass is 380 g/mol. The van der Waals surface area contributed by atoms with E-state index in [4.69, 9.17) is 0 Å². The molecule has 0 aliphatic rings. The molecule has 1 radical (unpaired) electrons. The summed E-state index contributed by atoms with van der Waals surface area (Å²) >= 11 is 0. The van der Waals surface area contributed by atoms with Gasteiger partial charge in [0.15, 0.2) is 0 Å². The Balaban J connectivity index is 2.04. The molecule has 1 N–H and O–H groups in total. The second-order valence-corrected chi connectivity index (χ2v) is 6.74. The molecule has 0 spiro atoms. The van der Waals surface area contributed by atoms with Crippen LogP contribution in [-0.2, 0) is 10.3 Å². The Morgan fingerprint density at radius 2 is 1.07 bits per heavy atom. The van der Waals surface area contributed by atoms with E-state index in [1.54, 1.807) is 18.4 Å². The number of hydrogen-bond acceptors (Lipinski definition) is 2. The van der Waals surface area contributed by atoms with Crippen LogP contribution in [0.2, 0.25) is 0 Å². The molecular weight excluding hydrogens is 361 g/mol. The Bertz CT molecular complexity index is 999. The van der Waals surface area contributed by atoms with Crippen LogP contribution in [0.25, 0.3) is 0 Å². The van der Waals surface area contributed by atoms with Crippen LogP contribution in [0.3, 0.4) is 0 Å². The van der Waals surface area contributed by atoms with Gasteiger partial charge in [-0.05, 0) is 28.8 Å². The van der Waals surface area contributed by atoms with Gasteiger partial charge in [-0.2, -0.15) is 0 Å². The SMILES string of the molecule is O=[C]c1c(F)cccc1NC(c1ccccc1)(c1ccccc1)c1ccccc1. The molecule has 0 bridgehead atoms. The van der Waals surface area contributed by atoms with E-state index in [9.17, 15) is 9.18 Å². The lowest BCUT2D eigenvalue weighted by molar-refractivity contribution is 0.556. The topological polar surface area (TPSA) is 29.1 Å². The van der Waals surface area contributed by atoms with E-state index in [1.807, 2.05) is 91.0 Å². The summed E-state index contributed by atoms with van der Waals surface area (Å²) < 4.78 is 14.3. The standard InChI is InChI=1S/C26H19FNO/c27-24-17-10-18-25(23(24)19-29)28-26(20-11-4-1-5-12-20,21-13-6-2-7-14-21)22-15-8-3-9-16-22/h1-18,28H. The molecule has 0 amide bonds. The molecule has 29 heavy (non-hydrogen) atoms. The largest absolute Gasteiger partial charge is 0.367 e. The molecule has 2 nitrogen and oxygen atoms in total. The van der Waals surface area contributed by atoms with E-state index in [-0.39, 0.29) is 5.56 Å². The van der Waals surface area contributed by atoms with Gasteiger partial charge in [-0.1, -0.05) is 97.1 Å². The van der Waals surface area contributed by atoms with Gasteiger partial charge < -0.3 is 5.32 Å². The maximum Gasteiger partial charge on any atom is 0.238 e. The Morgan fingerprint density at radius 3 is 1.48 bits per heavy atom. The highest BCUT2D eigenvalue weighted by Crippen LogP contribution is 2.40. The molecule has 3 heteroatoms. The molecule has 4 aromatic rings. The van der Waals surface area contributed by atoms with E-state index in [1.165, 1.54) is 6.07 Å². The van der Waals surface area contributed by atoms with Crippen LogP contribution in [0, 0.1) is 5.82 Å². The summed E-state index contributed by atoms with van der Waals surface area (Å²) in [5.74, 6) is -0.604. The minimum Gasteiger partial charge on any atom is -0.367 e. The van der Waals surface area contributed by atoms with Crippen LogP contribution in [-0.4, -0.2) is 6.29 Å². The minimum absolute atomic E-state index is 0.111. The Hall–Kier alpha value is -3.72. The molecule has 0 heterocycles. The quantitative estimate of drug-likeness (QED) is 0.436. The highest BCUT2D eigenvalue weighted by atomic mass is 19.1. The molecule has 4 aromatic carbocycles. The summed E-state index contributed by atoms with van der Waals surface area (Å²) in [5.41, 5.74) is 2.36. The lowest BCUT2D eigenvalue weighted by Gasteiger charge is -2.38. The first-order valence-corrected chi connectivity index (χ1v) is 9.37. The fourth-order valence-corrected chi connectivity index (χ4v) is 3.72. The van der Waals surface area contributed by atoms with Crippen molar-refractivity contribution in [1.29, 1.82) is 0 Å². The van der Waals surface area contributed by atoms with Crippen molar-refractivity contribution in [2.75, 3.05) is 5.32 Å². The second-order valence-electron chi connectivity index (χ2n) is 6.74. The van der Waals surface area contributed by atoms with Gasteiger partial charge in [0.1, 0.15) is 11.4 Å². The van der Waals surface area contributed by atoms with Gasteiger partial charge in [-0.15, -0.1) is 0 Å². The molecule has 0 saturated carbocycles.